The molecule has 162 valence electrons. The Balaban J connectivity index is 3.08. The summed E-state index contributed by atoms with van der Waals surface area (Å²) in [5.41, 5.74) is 0. The molecule has 0 rings (SSSR count). The van der Waals surface area contributed by atoms with Gasteiger partial charge in [0.15, 0.2) is 0 Å². The van der Waals surface area contributed by atoms with Gasteiger partial charge in [0.25, 0.3) is 0 Å². The predicted molar refractivity (Wildman–Crippen MR) is 120 cm³/mol. The van der Waals surface area contributed by atoms with Crippen molar-refractivity contribution in [3.8, 4) is 0 Å². The molecule has 0 aliphatic heterocycles. The van der Waals surface area contributed by atoms with Gasteiger partial charge in [-0.15, -0.1) is 11.6 Å². The Hall–Kier alpha value is -0.240. The summed E-state index contributed by atoms with van der Waals surface area (Å²) in [6, 6.07) is 0. The van der Waals surface area contributed by atoms with Crippen LogP contribution in [0.5, 0.6) is 0 Å². The van der Waals surface area contributed by atoms with Gasteiger partial charge in [0.1, 0.15) is 0 Å². The first-order chi connectivity index (χ1) is 13.2. The summed E-state index contributed by atoms with van der Waals surface area (Å²) in [7, 11) is 0. The van der Waals surface area contributed by atoms with Crippen LogP contribution < -0.4 is 0 Å². The van der Waals surface area contributed by atoms with Gasteiger partial charge in [-0.05, 0) is 19.8 Å². The Morgan fingerprint density at radius 3 is 1.44 bits per heavy atom. The second-order valence-electron chi connectivity index (χ2n) is 8.20. The van der Waals surface area contributed by atoms with Gasteiger partial charge in [0, 0.05) is 11.8 Å². The number of ether oxygens (including phenoxy) is 1. The molecule has 1 unspecified atom stereocenters. The highest BCUT2D eigenvalue weighted by Gasteiger charge is 2.05. The third-order valence-corrected chi connectivity index (χ3v) is 5.48. The van der Waals surface area contributed by atoms with Crippen LogP contribution in [0.3, 0.4) is 0 Å². The van der Waals surface area contributed by atoms with E-state index in [0.29, 0.717) is 19.4 Å². The number of carbonyl (C=O) groups excluding carboxylic acids is 1. The van der Waals surface area contributed by atoms with Crippen molar-refractivity contribution < 1.29 is 9.53 Å². The zero-order chi connectivity index (χ0) is 20.0. The molecular formula is C24H47ClO2. The molecule has 1 atom stereocenters. The summed E-state index contributed by atoms with van der Waals surface area (Å²) < 4.78 is 5.22. The van der Waals surface area contributed by atoms with E-state index < -0.39 is 0 Å². The maximum atomic E-state index is 11.4. The highest BCUT2D eigenvalue weighted by atomic mass is 35.5. The van der Waals surface area contributed by atoms with Gasteiger partial charge in [-0.2, -0.15) is 0 Å². The van der Waals surface area contributed by atoms with E-state index >= 15 is 0 Å². The molecule has 0 aromatic heterocycles. The van der Waals surface area contributed by atoms with Crippen LogP contribution in [-0.4, -0.2) is 18.0 Å². The van der Waals surface area contributed by atoms with Crippen LogP contribution in [0.2, 0.25) is 0 Å². The summed E-state index contributed by atoms with van der Waals surface area (Å²) in [5.74, 6) is -0.0982. The van der Waals surface area contributed by atoms with Crippen LogP contribution in [0, 0.1) is 0 Å². The van der Waals surface area contributed by atoms with Gasteiger partial charge in [-0.1, -0.05) is 110 Å². The monoisotopic (exact) mass is 402 g/mol. The van der Waals surface area contributed by atoms with E-state index in [-0.39, 0.29) is 11.3 Å². The highest BCUT2D eigenvalue weighted by Crippen LogP contribution is 2.14. The molecule has 27 heavy (non-hydrogen) atoms. The SMILES string of the molecule is CCCCCCCCCCCCCCCCCCCOC(=O)CCC(C)Cl. The van der Waals surface area contributed by atoms with Crippen LogP contribution in [-0.2, 0) is 9.53 Å². The molecule has 0 fully saturated rings. The van der Waals surface area contributed by atoms with Gasteiger partial charge < -0.3 is 4.74 Å². The minimum Gasteiger partial charge on any atom is -0.466 e. The lowest BCUT2D eigenvalue weighted by Crippen LogP contribution is -2.07. The first kappa shape index (κ1) is 26.8. The summed E-state index contributed by atoms with van der Waals surface area (Å²) in [6.45, 7) is 4.77. The molecule has 0 aromatic rings. The average molecular weight is 403 g/mol. The van der Waals surface area contributed by atoms with Crippen molar-refractivity contribution in [2.45, 2.75) is 141 Å². The molecule has 0 heterocycles. The molecule has 0 N–H and O–H groups in total. The fourth-order valence-corrected chi connectivity index (χ4v) is 3.51. The smallest absolute Gasteiger partial charge is 0.305 e. The number of rotatable bonds is 21. The van der Waals surface area contributed by atoms with E-state index in [0.717, 1.165) is 6.42 Å². The normalized spacial score (nSPS) is 12.3. The Bertz CT molecular complexity index is 305. The van der Waals surface area contributed by atoms with Crippen LogP contribution in [0.15, 0.2) is 0 Å². The molecule has 2 nitrogen and oxygen atoms in total. The summed E-state index contributed by atoms with van der Waals surface area (Å²) >= 11 is 5.83. The van der Waals surface area contributed by atoms with Gasteiger partial charge >= 0.3 is 5.97 Å². The Kier molecular flexibility index (Phi) is 21.9. The number of carbonyl (C=O) groups is 1. The Morgan fingerprint density at radius 1 is 0.704 bits per heavy atom. The molecule has 0 amide bonds. The van der Waals surface area contributed by atoms with Gasteiger partial charge in [0.05, 0.1) is 6.61 Å². The van der Waals surface area contributed by atoms with Gasteiger partial charge in [-0.25, -0.2) is 0 Å². The lowest BCUT2D eigenvalue weighted by atomic mass is 10.0. The van der Waals surface area contributed by atoms with Crippen LogP contribution in [0.1, 0.15) is 136 Å². The highest BCUT2D eigenvalue weighted by molar-refractivity contribution is 6.20. The molecule has 0 aliphatic rings. The number of unbranched alkanes of at least 4 members (excludes halogenated alkanes) is 16. The number of hydrogen-bond acceptors (Lipinski definition) is 2. The van der Waals surface area contributed by atoms with Crippen molar-refractivity contribution in [3.05, 3.63) is 0 Å². The third kappa shape index (κ3) is 23.7. The van der Waals surface area contributed by atoms with E-state index in [9.17, 15) is 4.79 Å². The average Bonchev–Trinajstić information content (AvgIpc) is 2.65. The topological polar surface area (TPSA) is 26.3 Å². The van der Waals surface area contributed by atoms with E-state index in [1.807, 2.05) is 6.92 Å². The van der Waals surface area contributed by atoms with Crippen LogP contribution in [0.25, 0.3) is 0 Å². The van der Waals surface area contributed by atoms with Crippen molar-refractivity contribution in [1.29, 1.82) is 0 Å². The molecule has 0 saturated heterocycles. The summed E-state index contributed by atoms with van der Waals surface area (Å²) in [4.78, 5) is 11.4. The van der Waals surface area contributed by atoms with E-state index in [1.54, 1.807) is 0 Å². The van der Waals surface area contributed by atoms with Crippen molar-refractivity contribution in [2.75, 3.05) is 6.61 Å². The fraction of sp³-hybridized carbons (Fsp3) is 0.958. The van der Waals surface area contributed by atoms with Crippen molar-refractivity contribution >= 4 is 17.6 Å². The fourth-order valence-electron chi connectivity index (χ4n) is 3.40. The van der Waals surface area contributed by atoms with Gasteiger partial charge in [-0.3, -0.25) is 4.79 Å². The number of alkyl halides is 1. The molecule has 0 radical (unpaired) electrons. The van der Waals surface area contributed by atoms with E-state index in [2.05, 4.69) is 6.92 Å². The molecule has 0 aromatic carbocycles. The lowest BCUT2D eigenvalue weighted by molar-refractivity contribution is -0.143. The van der Waals surface area contributed by atoms with Gasteiger partial charge in [0.2, 0.25) is 0 Å². The molecule has 0 spiro atoms. The first-order valence-electron chi connectivity index (χ1n) is 12.0. The summed E-state index contributed by atoms with van der Waals surface area (Å²) in [6.07, 6.45) is 24.4. The van der Waals surface area contributed by atoms with E-state index in [4.69, 9.17) is 16.3 Å². The minimum atomic E-state index is -0.0982. The second-order valence-corrected chi connectivity index (χ2v) is 8.94. The Labute approximate surface area is 175 Å². The largest absolute Gasteiger partial charge is 0.466 e. The zero-order valence-corrected chi connectivity index (χ0v) is 19.2. The van der Waals surface area contributed by atoms with Crippen LogP contribution in [0.4, 0.5) is 0 Å². The zero-order valence-electron chi connectivity index (χ0n) is 18.4. The maximum Gasteiger partial charge on any atom is 0.305 e. The molecule has 3 heteroatoms. The summed E-state index contributed by atoms with van der Waals surface area (Å²) in [5, 5.41) is 0.0536. The maximum absolute atomic E-state index is 11.4. The second kappa shape index (κ2) is 22.1. The quantitative estimate of drug-likeness (QED) is 0.109. The molecular weight excluding hydrogens is 356 g/mol. The predicted octanol–water partition coefficient (Wildman–Crippen LogP) is 8.59. The Morgan fingerprint density at radius 2 is 1.07 bits per heavy atom. The number of hydrogen-bond donors (Lipinski definition) is 0. The number of halogens is 1. The minimum absolute atomic E-state index is 0.0536. The molecule has 0 bridgehead atoms. The lowest BCUT2D eigenvalue weighted by Gasteiger charge is -2.06. The molecule has 0 saturated carbocycles. The van der Waals surface area contributed by atoms with Crippen molar-refractivity contribution in [3.63, 3.8) is 0 Å². The van der Waals surface area contributed by atoms with Crippen molar-refractivity contribution in [2.24, 2.45) is 0 Å². The standard InChI is InChI=1S/C24H47ClO2/c1-3-4-5-6-7-8-9-10-11-12-13-14-15-16-17-18-19-22-27-24(26)21-20-23(2)25/h23H,3-22H2,1-2H3. The van der Waals surface area contributed by atoms with Crippen molar-refractivity contribution in [1.82, 2.24) is 0 Å². The first-order valence-corrected chi connectivity index (χ1v) is 12.4. The molecule has 0 aliphatic carbocycles. The third-order valence-electron chi connectivity index (χ3n) is 5.26. The van der Waals surface area contributed by atoms with Crippen LogP contribution >= 0.6 is 11.6 Å². The number of esters is 1. The van der Waals surface area contributed by atoms with E-state index in [1.165, 1.54) is 103 Å².